The summed E-state index contributed by atoms with van der Waals surface area (Å²) in [6, 6.07) is 13.9. The smallest absolute Gasteiger partial charge is 0.269 e. The maximum atomic E-state index is 13.2. The van der Waals surface area contributed by atoms with Gasteiger partial charge in [-0.3, -0.25) is 19.5 Å². The minimum atomic E-state index is -0.428. The van der Waals surface area contributed by atoms with Crippen LogP contribution in [0, 0.1) is 10.1 Å². The fourth-order valence-corrected chi connectivity index (χ4v) is 3.49. The second kappa shape index (κ2) is 7.52. The molecule has 0 aliphatic rings. The Morgan fingerprint density at radius 2 is 1.54 bits per heavy atom. The molecule has 3 aromatic rings. The zero-order valence-electron chi connectivity index (χ0n) is 15.1. The van der Waals surface area contributed by atoms with E-state index in [1.807, 2.05) is 24.3 Å². The van der Waals surface area contributed by atoms with Gasteiger partial charge in [0.15, 0.2) is 0 Å². The van der Waals surface area contributed by atoms with E-state index in [-0.39, 0.29) is 11.2 Å². The Morgan fingerprint density at radius 3 is 2.12 bits per heavy atom. The first-order chi connectivity index (χ1) is 12.6. The largest absolute Gasteiger partial charge is 0.280 e. The van der Waals surface area contributed by atoms with E-state index in [4.69, 9.17) is 0 Å². The fourth-order valence-electron chi connectivity index (χ4n) is 3.49. The summed E-state index contributed by atoms with van der Waals surface area (Å²) in [4.78, 5) is 23.7. The molecule has 0 amide bonds. The molecular formula is C21H22N2O3. The van der Waals surface area contributed by atoms with Crippen LogP contribution in [0.1, 0.15) is 37.9 Å². The van der Waals surface area contributed by atoms with Crippen LogP contribution in [0.15, 0.2) is 53.3 Å². The third-order valence-electron chi connectivity index (χ3n) is 4.61. The zero-order valence-corrected chi connectivity index (χ0v) is 15.1. The highest BCUT2D eigenvalue weighted by atomic mass is 16.6. The van der Waals surface area contributed by atoms with Crippen molar-refractivity contribution in [2.75, 3.05) is 0 Å². The number of aryl methyl sites for hydroxylation is 1. The van der Waals surface area contributed by atoms with Crippen molar-refractivity contribution >= 4 is 16.5 Å². The van der Waals surface area contributed by atoms with Crippen molar-refractivity contribution < 1.29 is 4.92 Å². The van der Waals surface area contributed by atoms with Gasteiger partial charge in [-0.1, -0.05) is 44.9 Å². The van der Waals surface area contributed by atoms with Crippen LogP contribution in [-0.2, 0) is 12.8 Å². The summed E-state index contributed by atoms with van der Waals surface area (Å²) in [5, 5.41) is 12.6. The van der Waals surface area contributed by atoms with Crippen LogP contribution in [-0.4, -0.2) is 9.49 Å². The summed E-state index contributed by atoms with van der Waals surface area (Å²) in [7, 11) is 0. The number of hydrogen-bond acceptors (Lipinski definition) is 3. The molecule has 0 fully saturated rings. The molecule has 0 spiro atoms. The third kappa shape index (κ3) is 3.12. The quantitative estimate of drug-likeness (QED) is 0.473. The second-order valence-electron chi connectivity index (χ2n) is 6.38. The van der Waals surface area contributed by atoms with Gasteiger partial charge in [0.2, 0.25) is 0 Å². The van der Waals surface area contributed by atoms with Gasteiger partial charge in [-0.2, -0.15) is 0 Å². The average molecular weight is 350 g/mol. The number of rotatable bonds is 6. The molecule has 0 saturated heterocycles. The zero-order chi connectivity index (χ0) is 18.7. The summed E-state index contributed by atoms with van der Waals surface area (Å²) in [6.07, 6.45) is 3.58. The number of hydrogen-bond donors (Lipinski definition) is 0. The van der Waals surface area contributed by atoms with Crippen molar-refractivity contribution in [1.82, 2.24) is 4.57 Å². The number of aromatic nitrogens is 1. The molecule has 5 nitrogen and oxygen atoms in total. The Labute approximate surface area is 152 Å². The predicted molar refractivity (Wildman–Crippen MR) is 104 cm³/mol. The highest BCUT2D eigenvalue weighted by molar-refractivity contribution is 5.86. The molecular weight excluding hydrogens is 328 g/mol. The van der Waals surface area contributed by atoms with Gasteiger partial charge < -0.3 is 0 Å². The topological polar surface area (TPSA) is 65.1 Å². The number of pyridine rings is 1. The van der Waals surface area contributed by atoms with E-state index in [9.17, 15) is 14.9 Å². The monoisotopic (exact) mass is 350 g/mol. The third-order valence-corrected chi connectivity index (χ3v) is 4.61. The number of nitrogens with zero attached hydrogens (tertiary/aromatic N) is 2. The van der Waals surface area contributed by atoms with E-state index in [2.05, 4.69) is 13.8 Å². The Kier molecular flexibility index (Phi) is 5.16. The van der Waals surface area contributed by atoms with Gasteiger partial charge in [0.25, 0.3) is 11.2 Å². The summed E-state index contributed by atoms with van der Waals surface area (Å²) in [5.41, 5.74) is 2.83. The van der Waals surface area contributed by atoms with Crippen LogP contribution in [0.2, 0.25) is 0 Å². The molecule has 1 heterocycles. The number of nitro groups is 1. The molecule has 5 heteroatoms. The van der Waals surface area contributed by atoms with Crippen molar-refractivity contribution in [3.8, 4) is 5.69 Å². The molecule has 0 unspecified atom stereocenters. The van der Waals surface area contributed by atoms with Crippen LogP contribution in [0.25, 0.3) is 16.5 Å². The molecule has 0 N–H and O–H groups in total. The lowest BCUT2D eigenvalue weighted by Gasteiger charge is -2.19. The summed E-state index contributed by atoms with van der Waals surface area (Å²) < 4.78 is 1.74. The first-order valence-corrected chi connectivity index (χ1v) is 8.98. The first-order valence-electron chi connectivity index (χ1n) is 8.98. The van der Waals surface area contributed by atoms with E-state index in [1.54, 1.807) is 16.7 Å². The van der Waals surface area contributed by atoms with E-state index >= 15 is 0 Å². The molecule has 1 aromatic heterocycles. The molecule has 134 valence electrons. The maximum absolute atomic E-state index is 13.2. The van der Waals surface area contributed by atoms with Gasteiger partial charge in [-0.15, -0.1) is 0 Å². The van der Waals surface area contributed by atoms with Crippen LogP contribution in [0.4, 0.5) is 5.69 Å². The SMILES string of the molecule is CCCc1c(CCC)n(-c2ccc([N+](=O)[O-])cc2)c(=O)c2ccccc12. The van der Waals surface area contributed by atoms with Crippen LogP contribution in [0.5, 0.6) is 0 Å². The Balaban J connectivity index is 2.35. The lowest BCUT2D eigenvalue weighted by atomic mass is 9.97. The molecule has 2 aromatic carbocycles. The molecule has 3 rings (SSSR count). The van der Waals surface area contributed by atoms with E-state index in [0.717, 1.165) is 36.8 Å². The molecule has 0 atom stereocenters. The molecule has 0 aliphatic heterocycles. The second-order valence-corrected chi connectivity index (χ2v) is 6.38. The van der Waals surface area contributed by atoms with Gasteiger partial charge in [0.05, 0.1) is 4.92 Å². The summed E-state index contributed by atoms with van der Waals surface area (Å²) in [6.45, 7) is 4.22. The lowest BCUT2D eigenvalue weighted by Crippen LogP contribution is -2.24. The average Bonchev–Trinajstić information content (AvgIpc) is 2.65. The Morgan fingerprint density at radius 1 is 0.923 bits per heavy atom. The van der Waals surface area contributed by atoms with Gasteiger partial charge in [0.1, 0.15) is 0 Å². The number of benzene rings is 2. The van der Waals surface area contributed by atoms with Crippen molar-refractivity contribution in [3.05, 3.63) is 80.3 Å². The van der Waals surface area contributed by atoms with Gasteiger partial charge in [0, 0.05) is 28.9 Å². The molecule has 0 saturated carbocycles. The summed E-state index contributed by atoms with van der Waals surface area (Å²) in [5.74, 6) is 0. The lowest BCUT2D eigenvalue weighted by molar-refractivity contribution is -0.384. The first kappa shape index (κ1) is 17.9. The van der Waals surface area contributed by atoms with E-state index < -0.39 is 4.92 Å². The normalized spacial score (nSPS) is 11.0. The van der Waals surface area contributed by atoms with E-state index in [0.29, 0.717) is 11.1 Å². The molecule has 0 bridgehead atoms. The number of non-ortho nitro benzene ring substituents is 1. The minimum Gasteiger partial charge on any atom is -0.280 e. The van der Waals surface area contributed by atoms with Crippen molar-refractivity contribution in [3.63, 3.8) is 0 Å². The number of nitro benzene ring substituents is 1. The predicted octanol–water partition coefficient (Wildman–Crippen LogP) is 4.80. The highest BCUT2D eigenvalue weighted by Crippen LogP contribution is 2.25. The van der Waals surface area contributed by atoms with Crippen LogP contribution in [0.3, 0.4) is 0 Å². The highest BCUT2D eigenvalue weighted by Gasteiger charge is 2.17. The fraction of sp³-hybridized carbons (Fsp3) is 0.286. The Hall–Kier alpha value is -2.95. The number of fused-ring (bicyclic) bond motifs is 1. The van der Waals surface area contributed by atoms with Gasteiger partial charge in [-0.25, -0.2) is 0 Å². The Bertz CT molecular complexity index is 1000. The van der Waals surface area contributed by atoms with Gasteiger partial charge in [-0.05, 0) is 42.0 Å². The maximum Gasteiger partial charge on any atom is 0.269 e. The van der Waals surface area contributed by atoms with Crippen molar-refractivity contribution in [1.29, 1.82) is 0 Å². The van der Waals surface area contributed by atoms with Crippen LogP contribution >= 0.6 is 0 Å². The standard InChI is InChI=1S/C21H22N2O3/c1-3-7-18-17-9-5-6-10-19(17)21(24)22(20(18)8-4-2)15-11-13-16(14-12-15)23(25)26/h5-6,9-14H,3-4,7-8H2,1-2H3. The molecule has 26 heavy (non-hydrogen) atoms. The molecule has 0 radical (unpaired) electrons. The molecule has 0 aliphatic carbocycles. The van der Waals surface area contributed by atoms with E-state index in [1.165, 1.54) is 17.7 Å². The minimum absolute atomic E-state index is 0.0217. The van der Waals surface area contributed by atoms with Crippen LogP contribution < -0.4 is 5.56 Å². The van der Waals surface area contributed by atoms with Crippen molar-refractivity contribution in [2.45, 2.75) is 39.5 Å². The van der Waals surface area contributed by atoms with Gasteiger partial charge >= 0.3 is 0 Å². The summed E-state index contributed by atoms with van der Waals surface area (Å²) >= 11 is 0. The van der Waals surface area contributed by atoms with Crippen molar-refractivity contribution in [2.24, 2.45) is 0 Å².